The van der Waals surface area contributed by atoms with Crippen LogP contribution in [0.15, 0.2) is 18.2 Å². The minimum absolute atomic E-state index is 0.175. The average Bonchev–Trinajstić information content (AvgIpc) is 2.72. The maximum Gasteiger partial charge on any atom is 0.124 e. The van der Waals surface area contributed by atoms with E-state index in [2.05, 4.69) is 19.2 Å². The summed E-state index contributed by atoms with van der Waals surface area (Å²) in [6.07, 6.45) is 3.98. The molecule has 0 heterocycles. The molecule has 100 valence electrons. The third kappa shape index (κ3) is 3.46. The zero-order valence-electron chi connectivity index (χ0n) is 11.0. The average molecular weight is 270 g/mol. The Kier molecular flexibility index (Phi) is 4.63. The summed E-state index contributed by atoms with van der Waals surface area (Å²) < 4.78 is 13.0. The van der Waals surface area contributed by atoms with Crippen molar-refractivity contribution in [3.8, 4) is 0 Å². The van der Waals surface area contributed by atoms with Crippen LogP contribution in [0.2, 0.25) is 5.02 Å². The Morgan fingerprint density at radius 1 is 1.44 bits per heavy atom. The van der Waals surface area contributed by atoms with E-state index in [1.54, 1.807) is 6.07 Å². The van der Waals surface area contributed by atoms with Gasteiger partial charge in [0.05, 0.1) is 0 Å². The van der Waals surface area contributed by atoms with E-state index in [0.29, 0.717) is 5.02 Å². The van der Waals surface area contributed by atoms with Crippen LogP contribution in [0.3, 0.4) is 0 Å². The van der Waals surface area contributed by atoms with E-state index in [0.717, 1.165) is 23.9 Å². The molecule has 3 heteroatoms. The first-order valence-electron chi connectivity index (χ1n) is 6.74. The van der Waals surface area contributed by atoms with Gasteiger partial charge < -0.3 is 5.32 Å². The van der Waals surface area contributed by atoms with Gasteiger partial charge in [0.2, 0.25) is 0 Å². The highest BCUT2D eigenvalue weighted by atomic mass is 35.5. The molecule has 0 aromatic heterocycles. The Morgan fingerprint density at radius 3 is 2.83 bits per heavy atom. The molecule has 1 aliphatic rings. The van der Waals surface area contributed by atoms with Gasteiger partial charge in [-0.05, 0) is 55.8 Å². The molecule has 0 spiro atoms. The minimum Gasteiger partial charge on any atom is -0.310 e. The smallest absolute Gasteiger partial charge is 0.124 e. The van der Waals surface area contributed by atoms with Crippen LogP contribution in [0, 0.1) is 17.7 Å². The number of rotatable bonds is 4. The van der Waals surface area contributed by atoms with Crippen molar-refractivity contribution in [2.24, 2.45) is 11.8 Å². The first-order chi connectivity index (χ1) is 8.56. The van der Waals surface area contributed by atoms with Gasteiger partial charge in [-0.15, -0.1) is 0 Å². The monoisotopic (exact) mass is 269 g/mol. The van der Waals surface area contributed by atoms with Gasteiger partial charge in [0.25, 0.3) is 0 Å². The number of benzene rings is 1. The number of hydrogen-bond donors (Lipinski definition) is 1. The molecule has 0 saturated heterocycles. The van der Waals surface area contributed by atoms with Crippen molar-refractivity contribution in [1.82, 2.24) is 5.32 Å². The lowest BCUT2D eigenvalue weighted by Crippen LogP contribution is -2.25. The predicted octanol–water partition coefficient (Wildman–Crippen LogP) is 4.57. The first-order valence-corrected chi connectivity index (χ1v) is 7.12. The quantitative estimate of drug-likeness (QED) is 0.845. The van der Waals surface area contributed by atoms with Crippen LogP contribution in [0.4, 0.5) is 4.39 Å². The summed E-state index contributed by atoms with van der Waals surface area (Å²) in [5, 5.41) is 4.02. The van der Waals surface area contributed by atoms with E-state index < -0.39 is 0 Å². The topological polar surface area (TPSA) is 12.0 Å². The molecule has 1 fully saturated rings. The molecular formula is C15H21ClFN. The molecular weight excluding hydrogens is 249 g/mol. The van der Waals surface area contributed by atoms with Crippen molar-refractivity contribution in [2.45, 2.75) is 39.2 Å². The highest BCUT2D eigenvalue weighted by molar-refractivity contribution is 6.31. The van der Waals surface area contributed by atoms with Crippen LogP contribution in [0.5, 0.6) is 0 Å². The highest BCUT2D eigenvalue weighted by Crippen LogP contribution is 2.30. The Bertz CT molecular complexity index is 407. The van der Waals surface area contributed by atoms with Crippen LogP contribution in [-0.4, -0.2) is 6.54 Å². The van der Waals surface area contributed by atoms with Crippen LogP contribution in [0.25, 0.3) is 0 Å². The molecule has 1 saturated carbocycles. The lowest BCUT2D eigenvalue weighted by molar-refractivity contribution is 0.440. The summed E-state index contributed by atoms with van der Waals surface area (Å²) >= 11 is 6.06. The van der Waals surface area contributed by atoms with E-state index >= 15 is 0 Å². The summed E-state index contributed by atoms with van der Waals surface area (Å²) in [6.45, 7) is 5.43. The zero-order valence-corrected chi connectivity index (χ0v) is 11.8. The largest absolute Gasteiger partial charge is 0.310 e. The molecule has 1 nitrogen and oxygen atoms in total. The Morgan fingerprint density at radius 2 is 2.22 bits per heavy atom. The third-order valence-corrected chi connectivity index (χ3v) is 4.27. The van der Waals surface area contributed by atoms with Gasteiger partial charge in [-0.1, -0.05) is 31.0 Å². The Labute approximate surface area is 114 Å². The van der Waals surface area contributed by atoms with Crippen molar-refractivity contribution in [2.75, 3.05) is 6.54 Å². The lowest BCUT2D eigenvalue weighted by Gasteiger charge is -2.18. The molecule has 3 atom stereocenters. The van der Waals surface area contributed by atoms with Gasteiger partial charge in [-0.2, -0.15) is 0 Å². The van der Waals surface area contributed by atoms with Gasteiger partial charge in [0, 0.05) is 11.1 Å². The second kappa shape index (κ2) is 6.03. The predicted molar refractivity (Wildman–Crippen MR) is 74.3 cm³/mol. The Hall–Kier alpha value is -0.600. The van der Waals surface area contributed by atoms with Crippen molar-refractivity contribution in [1.29, 1.82) is 0 Å². The molecule has 2 rings (SSSR count). The maximum absolute atomic E-state index is 13.0. The van der Waals surface area contributed by atoms with Crippen LogP contribution >= 0.6 is 11.6 Å². The molecule has 1 aromatic carbocycles. The molecule has 0 aliphatic heterocycles. The summed E-state index contributed by atoms with van der Waals surface area (Å²) in [6, 6.07) is 4.80. The SMILES string of the molecule is CC1CCC(CNC(C)c2ccc(F)cc2Cl)C1. The van der Waals surface area contributed by atoms with Gasteiger partial charge >= 0.3 is 0 Å². The van der Waals surface area contributed by atoms with Crippen molar-refractivity contribution in [3.05, 3.63) is 34.6 Å². The lowest BCUT2D eigenvalue weighted by atomic mass is 10.0. The Balaban J connectivity index is 1.89. The molecule has 1 aliphatic carbocycles. The van der Waals surface area contributed by atoms with Gasteiger partial charge in [0.1, 0.15) is 5.82 Å². The van der Waals surface area contributed by atoms with Gasteiger partial charge in [0.15, 0.2) is 0 Å². The van der Waals surface area contributed by atoms with E-state index in [1.807, 2.05) is 0 Å². The number of halogens is 2. The summed E-state index contributed by atoms with van der Waals surface area (Å²) in [7, 11) is 0. The maximum atomic E-state index is 13.0. The summed E-state index contributed by atoms with van der Waals surface area (Å²) in [4.78, 5) is 0. The molecule has 0 bridgehead atoms. The van der Waals surface area contributed by atoms with Crippen LogP contribution in [0.1, 0.15) is 44.7 Å². The van der Waals surface area contributed by atoms with Crippen molar-refractivity contribution in [3.63, 3.8) is 0 Å². The van der Waals surface area contributed by atoms with Crippen LogP contribution in [-0.2, 0) is 0 Å². The molecule has 0 amide bonds. The second-order valence-corrected chi connectivity index (χ2v) is 5.99. The first kappa shape index (κ1) is 13.8. The molecule has 1 N–H and O–H groups in total. The number of nitrogens with one attached hydrogen (secondary N) is 1. The fraction of sp³-hybridized carbons (Fsp3) is 0.600. The van der Waals surface area contributed by atoms with E-state index in [9.17, 15) is 4.39 Å². The minimum atomic E-state index is -0.277. The fourth-order valence-corrected chi connectivity index (χ4v) is 3.15. The van der Waals surface area contributed by atoms with Gasteiger partial charge in [-0.3, -0.25) is 0 Å². The molecule has 18 heavy (non-hydrogen) atoms. The molecule has 3 unspecified atom stereocenters. The van der Waals surface area contributed by atoms with E-state index in [-0.39, 0.29) is 11.9 Å². The molecule has 0 radical (unpaired) electrons. The third-order valence-electron chi connectivity index (χ3n) is 3.95. The summed E-state index contributed by atoms with van der Waals surface area (Å²) in [5.41, 5.74) is 0.976. The second-order valence-electron chi connectivity index (χ2n) is 5.58. The summed E-state index contributed by atoms with van der Waals surface area (Å²) in [5.74, 6) is 1.36. The van der Waals surface area contributed by atoms with E-state index in [1.165, 1.54) is 31.4 Å². The number of hydrogen-bond acceptors (Lipinski definition) is 1. The highest BCUT2D eigenvalue weighted by Gasteiger charge is 2.21. The standard InChI is InChI=1S/C15H21ClFN/c1-10-3-4-12(7-10)9-18-11(2)14-6-5-13(17)8-15(14)16/h5-6,8,10-12,18H,3-4,7,9H2,1-2H3. The fourth-order valence-electron chi connectivity index (χ4n) is 2.82. The van der Waals surface area contributed by atoms with Crippen molar-refractivity contribution < 1.29 is 4.39 Å². The zero-order chi connectivity index (χ0) is 13.1. The van der Waals surface area contributed by atoms with Gasteiger partial charge in [-0.25, -0.2) is 4.39 Å². The van der Waals surface area contributed by atoms with Crippen LogP contribution < -0.4 is 5.32 Å². The van der Waals surface area contributed by atoms with E-state index in [4.69, 9.17) is 11.6 Å². The molecule has 1 aromatic rings. The normalized spacial score (nSPS) is 25.3. The van der Waals surface area contributed by atoms with Crippen molar-refractivity contribution >= 4 is 11.6 Å².